The van der Waals surface area contributed by atoms with Crippen LogP contribution in [0.15, 0.2) is 0 Å². The van der Waals surface area contributed by atoms with Crippen LogP contribution in [-0.2, 0) is 19.1 Å². The summed E-state index contributed by atoms with van der Waals surface area (Å²) >= 11 is 1.24. The number of hydrogen-bond acceptors (Lipinski definition) is 6. The van der Waals surface area contributed by atoms with Crippen LogP contribution in [0.3, 0.4) is 0 Å². The molecule has 1 unspecified atom stereocenters. The molecular formula is C11H16N2O5S. The molecule has 0 aromatic heterocycles. The molecule has 2 heterocycles. The van der Waals surface area contributed by atoms with Gasteiger partial charge in [0, 0.05) is 11.2 Å². The lowest BCUT2D eigenvalue weighted by Crippen LogP contribution is -2.79. The molecule has 2 aliphatic rings. The summed E-state index contributed by atoms with van der Waals surface area (Å²) in [6.07, 6.45) is 0.107. The van der Waals surface area contributed by atoms with Crippen molar-refractivity contribution in [3.63, 3.8) is 0 Å². The van der Waals surface area contributed by atoms with Gasteiger partial charge >= 0.3 is 11.9 Å². The molecule has 0 aromatic rings. The summed E-state index contributed by atoms with van der Waals surface area (Å²) in [6.45, 7) is 5.05. The number of carbonyl (C=O) groups excluding carboxylic acids is 2. The number of fused-ring (bicyclic) bond motifs is 1. The number of ether oxygens (including phenoxy) is 1. The van der Waals surface area contributed by atoms with Crippen LogP contribution >= 0.6 is 11.8 Å². The number of carbonyl (C=O) groups is 3. The highest BCUT2D eigenvalue weighted by atomic mass is 32.2. The van der Waals surface area contributed by atoms with E-state index in [0.717, 1.165) is 0 Å². The van der Waals surface area contributed by atoms with E-state index in [-0.39, 0.29) is 6.42 Å². The van der Waals surface area contributed by atoms with E-state index in [1.165, 1.54) is 16.7 Å². The van der Waals surface area contributed by atoms with Crippen molar-refractivity contribution in [1.82, 2.24) is 4.90 Å². The third-order valence-corrected chi connectivity index (χ3v) is 4.98. The van der Waals surface area contributed by atoms with E-state index in [1.807, 2.05) is 0 Å². The molecule has 106 valence electrons. The number of thioether (sulfide) groups is 1. The molecule has 0 aromatic carbocycles. The molecule has 19 heavy (non-hydrogen) atoms. The summed E-state index contributed by atoms with van der Waals surface area (Å²) in [6, 6.07) is -0.966. The number of rotatable bonds is 3. The average Bonchev–Trinajstić information content (AvgIpc) is 2.58. The minimum Gasteiger partial charge on any atom is -0.480 e. The fourth-order valence-corrected chi connectivity index (χ4v) is 3.98. The minimum atomic E-state index is -1.74. The van der Waals surface area contributed by atoms with E-state index in [2.05, 4.69) is 0 Å². The summed E-state index contributed by atoms with van der Waals surface area (Å²) in [5, 5.41) is 8.58. The summed E-state index contributed by atoms with van der Waals surface area (Å²) in [5.41, 5.74) is 4.11. The highest BCUT2D eigenvalue weighted by Crippen LogP contribution is 2.54. The number of nitrogens with zero attached hydrogens (tertiary/aromatic N) is 1. The Balaban J connectivity index is 2.27. The summed E-state index contributed by atoms with van der Waals surface area (Å²) in [4.78, 5) is 35.9. The van der Waals surface area contributed by atoms with Crippen LogP contribution in [0.1, 0.15) is 27.2 Å². The van der Waals surface area contributed by atoms with Crippen molar-refractivity contribution < 1.29 is 24.2 Å². The predicted molar refractivity (Wildman–Crippen MR) is 67.0 cm³/mol. The van der Waals surface area contributed by atoms with Gasteiger partial charge < -0.3 is 14.7 Å². The van der Waals surface area contributed by atoms with Gasteiger partial charge in [0.05, 0.1) is 0 Å². The van der Waals surface area contributed by atoms with Crippen molar-refractivity contribution in [3.05, 3.63) is 0 Å². The Morgan fingerprint density at radius 3 is 2.58 bits per heavy atom. The second-order valence-corrected chi connectivity index (χ2v) is 6.88. The van der Waals surface area contributed by atoms with Gasteiger partial charge in [-0.1, -0.05) is 6.92 Å². The SMILES string of the molecule is CCC(=O)OC1(N)C(=O)N2[C@@H](C(=O)O)C(C)(C)S[C@@H]21. The first-order chi connectivity index (χ1) is 8.65. The van der Waals surface area contributed by atoms with Crippen LogP contribution in [0.25, 0.3) is 0 Å². The molecule has 2 fully saturated rings. The van der Waals surface area contributed by atoms with Crippen molar-refractivity contribution in [3.8, 4) is 0 Å². The number of aliphatic carboxylic acids is 1. The molecule has 0 radical (unpaired) electrons. The van der Waals surface area contributed by atoms with Gasteiger partial charge in [0.2, 0.25) is 0 Å². The van der Waals surface area contributed by atoms with Gasteiger partial charge in [0.1, 0.15) is 11.4 Å². The molecule has 0 saturated carbocycles. The van der Waals surface area contributed by atoms with Gasteiger partial charge in [-0.15, -0.1) is 11.8 Å². The molecule has 0 spiro atoms. The van der Waals surface area contributed by atoms with E-state index >= 15 is 0 Å². The number of nitrogens with two attached hydrogens (primary N) is 1. The summed E-state index contributed by atoms with van der Waals surface area (Å²) in [5.74, 6) is -2.31. The molecule has 3 N–H and O–H groups in total. The lowest BCUT2D eigenvalue weighted by molar-refractivity contribution is -0.201. The van der Waals surface area contributed by atoms with Crippen molar-refractivity contribution in [2.75, 3.05) is 0 Å². The number of esters is 1. The number of amides is 1. The maximum absolute atomic E-state index is 12.1. The van der Waals surface area contributed by atoms with Gasteiger partial charge in [-0.25, -0.2) is 4.79 Å². The smallest absolute Gasteiger partial charge is 0.327 e. The Bertz CT molecular complexity index is 466. The lowest BCUT2D eigenvalue weighted by atomic mass is 9.94. The topological polar surface area (TPSA) is 110 Å². The molecule has 1 amide bonds. The van der Waals surface area contributed by atoms with Crippen molar-refractivity contribution in [2.45, 2.75) is 49.1 Å². The fraction of sp³-hybridized carbons (Fsp3) is 0.727. The standard InChI is InChI=1S/C11H16N2O5S/c1-4-5(14)18-11(12)8(17)13-6(7(15)16)10(2,3)19-9(11)13/h6,9H,4,12H2,1-3H3,(H,15,16)/t6-,9+,11?/m0/s1. The lowest BCUT2D eigenvalue weighted by Gasteiger charge is -2.49. The Morgan fingerprint density at radius 2 is 2.11 bits per heavy atom. The number of carboxylic acid groups (broad SMARTS) is 1. The molecule has 2 saturated heterocycles. The summed E-state index contributed by atoms with van der Waals surface area (Å²) < 4.78 is 4.32. The van der Waals surface area contributed by atoms with Gasteiger partial charge in [0.25, 0.3) is 11.6 Å². The first kappa shape index (κ1) is 14.1. The number of carboxylic acids is 1. The largest absolute Gasteiger partial charge is 0.480 e. The van der Waals surface area contributed by atoms with Crippen LogP contribution in [-0.4, -0.2) is 49.7 Å². The molecule has 8 heteroatoms. The molecular weight excluding hydrogens is 272 g/mol. The van der Waals surface area contributed by atoms with Crippen LogP contribution in [0.4, 0.5) is 0 Å². The van der Waals surface area contributed by atoms with Gasteiger partial charge in [0.15, 0.2) is 0 Å². The normalized spacial score (nSPS) is 35.6. The zero-order valence-corrected chi connectivity index (χ0v) is 11.7. The quantitative estimate of drug-likeness (QED) is 0.418. The van der Waals surface area contributed by atoms with Gasteiger partial charge in [-0.2, -0.15) is 0 Å². The van der Waals surface area contributed by atoms with E-state index in [9.17, 15) is 19.5 Å². The highest BCUT2D eigenvalue weighted by molar-refractivity contribution is 8.01. The van der Waals surface area contributed by atoms with Crippen molar-refractivity contribution in [1.29, 1.82) is 0 Å². The van der Waals surface area contributed by atoms with Crippen LogP contribution < -0.4 is 5.73 Å². The van der Waals surface area contributed by atoms with E-state index in [1.54, 1.807) is 20.8 Å². The van der Waals surface area contributed by atoms with Crippen LogP contribution in [0, 0.1) is 0 Å². The molecule has 2 rings (SSSR count). The van der Waals surface area contributed by atoms with Gasteiger partial charge in [-0.3, -0.25) is 15.3 Å². The van der Waals surface area contributed by atoms with E-state index in [0.29, 0.717) is 0 Å². The third kappa shape index (κ3) is 1.81. The number of β-lactam (4-membered cyclic amide) rings is 1. The van der Waals surface area contributed by atoms with E-state index < -0.39 is 39.7 Å². The van der Waals surface area contributed by atoms with Crippen molar-refractivity contribution in [2.24, 2.45) is 5.73 Å². The second kappa shape index (κ2) is 4.11. The molecule has 0 bridgehead atoms. The zero-order chi connectivity index (χ0) is 14.6. The Kier molecular flexibility index (Phi) is 3.06. The predicted octanol–water partition coefficient (Wildman–Crippen LogP) is -0.258. The summed E-state index contributed by atoms with van der Waals surface area (Å²) in [7, 11) is 0. The maximum atomic E-state index is 12.1. The second-order valence-electron chi connectivity index (χ2n) is 5.15. The molecule has 2 aliphatic heterocycles. The van der Waals surface area contributed by atoms with Crippen LogP contribution in [0.5, 0.6) is 0 Å². The monoisotopic (exact) mass is 288 g/mol. The van der Waals surface area contributed by atoms with Crippen molar-refractivity contribution >= 4 is 29.6 Å². The fourth-order valence-electron chi connectivity index (χ4n) is 2.41. The molecule has 7 nitrogen and oxygen atoms in total. The average molecular weight is 288 g/mol. The third-order valence-electron chi connectivity index (χ3n) is 3.35. The first-order valence-corrected chi connectivity index (χ1v) is 6.77. The Hall–Kier alpha value is -1.28. The minimum absolute atomic E-state index is 0.107. The maximum Gasteiger partial charge on any atom is 0.327 e. The van der Waals surface area contributed by atoms with Gasteiger partial charge in [-0.05, 0) is 13.8 Å². The molecule has 3 atom stereocenters. The Labute approximate surface area is 114 Å². The molecule has 0 aliphatic carbocycles. The number of hydrogen-bond donors (Lipinski definition) is 2. The first-order valence-electron chi connectivity index (χ1n) is 5.89. The zero-order valence-electron chi connectivity index (χ0n) is 10.9. The highest BCUT2D eigenvalue weighted by Gasteiger charge is 2.72. The van der Waals surface area contributed by atoms with E-state index in [4.69, 9.17) is 10.5 Å². The Morgan fingerprint density at radius 1 is 1.53 bits per heavy atom. The van der Waals surface area contributed by atoms with Crippen LogP contribution in [0.2, 0.25) is 0 Å².